The van der Waals surface area contributed by atoms with Crippen molar-refractivity contribution in [3.05, 3.63) is 73.3 Å². The number of hydrogen-bond donors (Lipinski definition) is 2. The van der Waals surface area contributed by atoms with Crippen molar-refractivity contribution in [2.45, 2.75) is 38.5 Å². The van der Waals surface area contributed by atoms with Crippen LogP contribution in [0.4, 0.5) is 17.1 Å². The molecule has 156 valence electrons. The molecule has 0 bridgehead atoms. The van der Waals surface area contributed by atoms with Gasteiger partial charge in [-0.15, -0.1) is 0 Å². The van der Waals surface area contributed by atoms with Crippen LogP contribution in [0.25, 0.3) is 0 Å². The van der Waals surface area contributed by atoms with Crippen LogP contribution < -0.4 is 5.43 Å². The lowest BCUT2D eigenvalue weighted by Gasteiger charge is -2.19. The number of anilines is 1. The molecule has 10 heteroatoms. The summed E-state index contributed by atoms with van der Waals surface area (Å²) in [5, 5.41) is 35.2. The minimum atomic E-state index is -0.811. The fraction of sp³-hybridized carbons (Fsp3) is 0.300. The number of benzene rings is 2. The van der Waals surface area contributed by atoms with Crippen molar-refractivity contribution in [2.24, 2.45) is 5.10 Å². The fourth-order valence-corrected chi connectivity index (χ4v) is 3.44. The van der Waals surface area contributed by atoms with Crippen LogP contribution >= 0.6 is 0 Å². The normalized spacial score (nSPS) is 14.2. The van der Waals surface area contributed by atoms with Crippen molar-refractivity contribution in [2.75, 3.05) is 5.43 Å². The third-order valence-electron chi connectivity index (χ3n) is 4.90. The van der Waals surface area contributed by atoms with Gasteiger partial charge in [0.05, 0.1) is 21.6 Å². The van der Waals surface area contributed by atoms with E-state index < -0.39 is 21.5 Å². The van der Waals surface area contributed by atoms with Gasteiger partial charge in [0.2, 0.25) is 0 Å². The first-order valence-corrected chi connectivity index (χ1v) is 9.44. The first-order valence-electron chi connectivity index (χ1n) is 9.44. The van der Waals surface area contributed by atoms with Crippen LogP contribution in [0.2, 0.25) is 0 Å². The molecular weight excluding hydrogens is 392 g/mol. The molecule has 0 atom stereocenters. The Labute approximate surface area is 171 Å². The molecule has 2 N–H and O–H groups in total. The van der Waals surface area contributed by atoms with E-state index in [1.165, 1.54) is 12.1 Å². The molecule has 1 aliphatic rings. The van der Waals surface area contributed by atoms with Gasteiger partial charge in [0, 0.05) is 18.1 Å². The van der Waals surface area contributed by atoms with E-state index in [1.807, 2.05) is 12.1 Å². The predicted molar refractivity (Wildman–Crippen MR) is 110 cm³/mol. The standard InChI is InChI=1S/C20H20N4O6/c25-20(26)6-1-3-13-7-9-16-14(11-13)4-2-5-17(16)21-22-18-10-8-15(23(27)28)12-19(18)24(29)30/h7-12,22H,1-6H2,(H,25,26)/b21-17-. The molecule has 1 aliphatic carbocycles. The highest BCUT2D eigenvalue weighted by Crippen LogP contribution is 2.30. The number of nitro benzene ring substituents is 2. The second-order valence-corrected chi connectivity index (χ2v) is 6.98. The van der Waals surface area contributed by atoms with Crippen molar-refractivity contribution in [3.8, 4) is 0 Å². The average molecular weight is 412 g/mol. The fourth-order valence-electron chi connectivity index (χ4n) is 3.44. The maximum atomic E-state index is 11.3. The minimum Gasteiger partial charge on any atom is -0.481 e. The van der Waals surface area contributed by atoms with E-state index in [0.717, 1.165) is 41.3 Å². The number of nitro groups is 2. The second kappa shape index (κ2) is 9.12. The van der Waals surface area contributed by atoms with E-state index in [-0.39, 0.29) is 17.8 Å². The van der Waals surface area contributed by atoms with Gasteiger partial charge in [-0.1, -0.05) is 18.2 Å². The molecule has 0 saturated heterocycles. The first-order chi connectivity index (χ1) is 14.3. The van der Waals surface area contributed by atoms with Crippen LogP contribution in [0.5, 0.6) is 0 Å². The molecule has 0 saturated carbocycles. The lowest BCUT2D eigenvalue weighted by atomic mass is 9.88. The van der Waals surface area contributed by atoms with Crippen LogP contribution in [0.1, 0.15) is 42.4 Å². The lowest BCUT2D eigenvalue weighted by Crippen LogP contribution is -2.14. The summed E-state index contributed by atoms with van der Waals surface area (Å²) in [6.07, 6.45) is 3.81. The Morgan fingerprint density at radius 2 is 1.90 bits per heavy atom. The largest absolute Gasteiger partial charge is 0.481 e. The second-order valence-electron chi connectivity index (χ2n) is 6.98. The van der Waals surface area contributed by atoms with Gasteiger partial charge in [-0.2, -0.15) is 5.10 Å². The lowest BCUT2D eigenvalue weighted by molar-refractivity contribution is -0.393. The number of rotatable bonds is 8. The molecule has 10 nitrogen and oxygen atoms in total. The van der Waals surface area contributed by atoms with E-state index in [0.29, 0.717) is 19.3 Å². The van der Waals surface area contributed by atoms with E-state index in [2.05, 4.69) is 16.6 Å². The van der Waals surface area contributed by atoms with Crippen LogP contribution in [-0.2, 0) is 17.6 Å². The Balaban J connectivity index is 1.81. The quantitative estimate of drug-likeness (QED) is 0.490. The van der Waals surface area contributed by atoms with Gasteiger partial charge in [0.15, 0.2) is 0 Å². The van der Waals surface area contributed by atoms with E-state index >= 15 is 0 Å². The Morgan fingerprint density at radius 1 is 1.10 bits per heavy atom. The zero-order valence-corrected chi connectivity index (χ0v) is 16.0. The van der Waals surface area contributed by atoms with Gasteiger partial charge in [-0.05, 0) is 49.3 Å². The maximum Gasteiger partial charge on any atom is 0.303 e. The third-order valence-corrected chi connectivity index (χ3v) is 4.90. The Kier molecular flexibility index (Phi) is 6.35. The number of fused-ring (bicyclic) bond motifs is 1. The molecule has 30 heavy (non-hydrogen) atoms. The summed E-state index contributed by atoms with van der Waals surface area (Å²) in [4.78, 5) is 31.4. The molecule has 0 heterocycles. The van der Waals surface area contributed by atoms with E-state index in [4.69, 9.17) is 5.11 Å². The molecular formula is C20H20N4O6. The molecule has 0 fully saturated rings. The number of aryl methyl sites for hydroxylation is 2. The molecule has 3 rings (SSSR count). The molecule has 0 aromatic heterocycles. The number of hydrogen-bond acceptors (Lipinski definition) is 7. The minimum absolute atomic E-state index is 0.0792. The number of hydrazone groups is 1. The molecule has 0 unspecified atom stereocenters. The van der Waals surface area contributed by atoms with Crippen LogP contribution in [0.15, 0.2) is 41.5 Å². The summed E-state index contributed by atoms with van der Waals surface area (Å²) in [5.74, 6) is -0.811. The molecule has 2 aromatic carbocycles. The number of nitrogens with one attached hydrogen (secondary N) is 1. The summed E-state index contributed by atoms with van der Waals surface area (Å²) < 4.78 is 0. The van der Waals surface area contributed by atoms with Crippen molar-refractivity contribution >= 4 is 28.7 Å². The van der Waals surface area contributed by atoms with Crippen molar-refractivity contribution in [1.82, 2.24) is 0 Å². The van der Waals surface area contributed by atoms with E-state index in [9.17, 15) is 25.0 Å². The zero-order chi connectivity index (χ0) is 21.7. The average Bonchev–Trinajstić information content (AvgIpc) is 2.71. The molecule has 0 aliphatic heterocycles. The summed E-state index contributed by atoms with van der Waals surface area (Å²) in [6, 6.07) is 9.30. The van der Waals surface area contributed by atoms with Crippen molar-refractivity contribution in [1.29, 1.82) is 0 Å². The SMILES string of the molecule is O=C(O)CCCc1ccc2c(c1)CCC/C2=N/Nc1ccc([N+](=O)[O-])cc1[N+](=O)[O-]. The highest BCUT2D eigenvalue weighted by atomic mass is 16.6. The van der Waals surface area contributed by atoms with Gasteiger partial charge in [0.1, 0.15) is 5.69 Å². The van der Waals surface area contributed by atoms with Crippen molar-refractivity contribution < 1.29 is 19.7 Å². The Bertz CT molecular complexity index is 1030. The van der Waals surface area contributed by atoms with Gasteiger partial charge in [-0.3, -0.25) is 30.4 Å². The summed E-state index contributed by atoms with van der Waals surface area (Å²) >= 11 is 0. The van der Waals surface area contributed by atoms with Crippen molar-refractivity contribution in [3.63, 3.8) is 0 Å². The number of carboxylic acids is 1. The van der Waals surface area contributed by atoms with Crippen LogP contribution in [0.3, 0.4) is 0 Å². The van der Waals surface area contributed by atoms with E-state index in [1.54, 1.807) is 0 Å². The van der Waals surface area contributed by atoms with Gasteiger partial charge >= 0.3 is 11.7 Å². The number of carboxylic acid groups (broad SMARTS) is 1. The van der Waals surface area contributed by atoms with Crippen LogP contribution in [0, 0.1) is 20.2 Å². The molecule has 2 aromatic rings. The smallest absolute Gasteiger partial charge is 0.303 e. The molecule has 0 spiro atoms. The van der Waals surface area contributed by atoms with Gasteiger partial charge in [0.25, 0.3) is 5.69 Å². The predicted octanol–water partition coefficient (Wildman–Crippen LogP) is 4.06. The van der Waals surface area contributed by atoms with Gasteiger partial charge in [-0.25, -0.2) is 0 Å². The monoisotopic (exact) mass is 412 g/mol. The number of aliphatic carboxylic acids is 1. The number of nitrogens with zero attached hydrogens (tertiary/aromatic N) is 3. The maximum absolute atomic E-state index is 11.3. The Hall–Kier alpha value is -3.82. The van der Waals surface area contributed by atoms with Crippen LogP contribution in [-0.4, -0.2) is 26.6 Å². The highest BCUT2D eigenvalue weighted by Gasteiger charge is 2.20. The zero-order valence-electron chi connectivity index (χ0n) is 16.0. The summed E-state index contributed by atoms with van der Waals surface area (Å²) in [7, 11) is 0. The molecule has 0 amide bonds. The topological polar surface area (TPSA) is 148 Å². The number of non-ortho nitro benzene ring substituents is 1. The summed E-state index contributed by atoms with van der Waals surface area (Å²) in [5.41, 5.74) is 5.85. The Morgan fingerprint density at radius 3 is 2.60 bits per heavy atom. The highest BCUT2D eigenvalue weighted by molar-refractivity contribution is 6.03. The summed E-state index contributed by atoms with van der Waals surface area (Å²) in [6.45, 7) is 0. The first kappa shape index (κ1) is 20.9. The third kappa shape index (κ3) is 4.96. The van der Waals surface area contributed by atoms with Gasteiger partial charge < -0.3 is 5.11 Å². The molecule has 0 radical (unpaired) electrons. The number of carbonyl (C=O) groups is 1.